The van der Waals surface area contributed by atoms with Gasteiger partial charge in [0.2, 0.25) is 0 Å². The molecule has 4 nitrogen and oxygen atoms in total. The van der Waals surface area contributed by atoms with Crippen LogP contribution in [0.5, 0.6) is 23.0 Å². The van der Waals surface area contributed by atoms with Crippen molar-refractivity contribution in [2.75, 3.05) is 0 Å². The fourth-order valence-corrected chi connectivity index (χ4v) is 1.02. The predicted octanol–water partition coefficient (Wildman–Crippen LogP) is 1.07. The molecule has 0 aliphatic carbocycles. The molecule has 1 aromatic rings. The Balaban J connectivity index is 3.42. The number of aromatic hydroxyl groups is 4. The number of hydrogen-bond acceptors (Lipinski definition) is 4. The molecule has 0 aliphatic heterocycles. The number of hydrogen-bond donors (Lipinski definition) is 4. The summed E-state index contributed by atoms with van der Waals surface area (Å²) in [7, 11) is 0. The molecular weight excluding hydrogens is 160 g/mol. The predicted molar refractivity (Wildman–Crippen MR) is 42.5 cm³/mol. The van der Waals surface area contributed by atoms with E-state index in [9.17, 15) is 10.2 Å². The molecule has 0 radical (unpaired) electrons. The summed E-state index contributed by atoms with van der Waals surface area (Å²) in [5.74, 6) is -1.62. The van der Waals surface area contributed by atoms with Crippen LogP contribution >= 0.6 is 0 Å². The molecule has 66 valence electrons. The monoisotopic (exact) mass is 170 g/mol. The maximum atomic E-state index is 9.18. The van der Waals surface area contributed by atoms with E-state index < -0.39 is 11.5 Å². The molecule has 0 aliphatic rings. The molecule has 4 heteroatoms. The smallest absolute Gasteiger partial charge is 0.164 e. The SMILES string of the molecule is CCc1c(O)c(O)cc(O)c1O. The Morgan fingerprint density at radius 1 is 1.00 bits per heavy atom. The van der Waals surface area contributed by atoms with Crippen LogP contribution in [0, 0.1) is 0 Å². The van der Waals surface area contributed by atoms with Crippen LogP contribution in [-0.2, 0) is 6.42 Å². The summed E-state index contributed by atoms with van der Waals surface area (Å²) in [6.45, 7) is 1.69. The Bertz CT molecular complexity index is 280. The van der Waals surface area contributed by atoms with E-state index in [1.54, 1.807) is 6.92 Å². The highest BCUT2D eigenvalue weighted by Crippen LogP contribution is 2.41. The van der Waals surface area contributed by atoms with E-state index >= 15 is 0 Å². The number of benzene rings is 1. The van der Waals surface area contributed by atoms with Crippen LogP contribution in [0.15, 0.2) is 6.07 Å². The number of rotatable bonds is 1. The van der Waals surface area contributed by atoms with Gasteiger partial charge in [-0.2, -0.15) is 0 Å². The lowest BCUT2D eigenvalue weighted by Gasteiger charge is -2.07. The zero-order valence-electron chi connectivity index (χ0n) is 6.57. The third-order valence-corrected chi connectivity index (χ3v) is 1.68. The molecule has 0 aromatic heterocycles. The molecule has 0 unspecified atom stereocenters. The maximum Gasteiger partial charge on any atom is 0.164 e. The molecule has 12 heavy (non-hydrogen) atoms. The molecular formula is C8H10O4. The molecule has 1 rings (SSSR count). The van der Waals surface area contributed by atoms with E-state index in [2.05, 4.69) is 0 Å². The Labute approximate surface area is 69.3 Å². The summed E-state index contributed by atoms with van der Waals surface area (Å²) in [5.41, 5.74) is 0.146. The first kappa shape index (κ1) is 8.52. The van der Waals surface area contributed by atoms with Gasteiger partial charge in [0.05, 0.1) is 0 Å². The highest BCUT2D eigenvalue weighted by atomic mass is 16.3. The number of phenolic OH excluding ortho intramolecular Hbond substituents is 4. The topological polar surface area (TPSA) is 80.9 Å². The number of phenols is 4. The first-order valence-electron chi connectivity index (χ1n) is 3.53. The third-order valence-electron chi connectivity index (χ3n) is 1.68. The standard InChI is InChI=1S/C8H10O4/c1-2-4-7(11)5(9)3-6(10)8(4)12/h3,9-12H,2H2,1H3. The molecule has 0 atom stereocenters. The van der Waals surface area contributed by atoms with Crippen LogP contribution < -0.4 is 0 Å². The summed E-state index contributed by atoms with van der Waals surface area (Å²) >= 11 is 0. The van der Waals surface area contributed by atoms with Gasteiger partial charge in [-0.05, 0) is 6.42 Å². The Kier molecular flexibility index (Phi) is 1.99. The van der Waals surface area contributed by atoms with E-state index in [-0.39, 0.29) is 17.1 Å². The Hall–Kier alpha value is -1.58. The van der Waals surface area contributed by atoms with Gasteiger partial charge in [0.1, 0.15) is 0 Å². The third kappa shape index (κ3) is 1.11. The van der Waals surface area contributed by atoms with Gasteiger partial charge < -0.3 is 20.4 Å². The normalized spacial score (nSPS) is 10.1. The van der Waals surface area contributed by atoms with Crippen molar-refractivity contribution in [1.29, 1.82) is 0 Å². The largest absolute Gasteiger partial charge is 0.504 e. The van der Waals surface area contributed by atoms with E-state index in [1.807, 2.05) is 0 Å². The second-order valence-electron chi connectivity index (χ2n) is 2.44. The highest BCUT2D eigenvalue weighted by molar-refractivity contribution is 5.58. The highest BCUT2D eigenvalue weighted by Gasteiger charge is 2.14. The molecule has 0 spiro atoms. The summed E-state index contributed by atoms with van der Waals surface area (Å²) < 4.78 is 0. The maximum absolute atomic E-state index is 9.18. The van der Waals surface area contributed by atoms with Crippen LogP contribution in [-0.4, -0.2) is 20.4 Å². The fourth-order valence-electron chi connectivity index (χ4n) is 1.02. The molecule has 0 heterocycles. The van der Waals surface area contributed by atoms with Crippen molar-refractivity contribution in [3.8, 4) is 23.0 Å². The summed E-state index contributed by atoms with van der Waals surface area (Å²) in [6.07, 6.45) is 0.333. The lowest BCUT2D eigenvalue weighted by Crippen LogP contribution is -1.84. The van der Waals surface area contributed by atoms with Gasteiger partial charge in [-0.15, -0.1) is 0 Å². The van der Waals surface area contributed by atoms with Gasteiger partial charge in [-0.3, -0.25) is 0 Å². The van der Waals surface area contributed by atoms with Crippen LogP contribution in [0.3, 0.4) is 0 Å². The van der Waals surface area contributed by atoms with Gasteiger partial charge in [0.15, 0.2) is 23.0 Å². The minimum Gasteiger partial charge on any atom is -0.504 e. The average Bonchev–Trinajstić information content (AvgIpc) is 2.02. The lowest BCUT2D eigenvalue weighted by molar-refractivity contribution is 0.366. The van der Waals surface area contributed by atoms with Gasteiger partial charge in [-0.25, -0.2) is 0 Å². The molecule has 0 saturated carbocycles. The Morgan fingerprint density at radius 2 is 1.42 bits per heavy atom. The van der Waals surface area contributed by atoms with Gasteiger partial charge in [0, 0.05) is 11.6 Å². The zero-order chi connectivity index (χ0) is 9.30. The molecule has 0 saturated heterocycles. The minimum atomic E-state index is -0.429. The second-order valence-corrected chi connectivity index (χ2v) is 2.44. The summed E-state index contributed by atoms with van der Waals surface area (Å²) in [6, 6.07) is 0.893. The Morgan fingerprint density at radius 3 is 1.75 bits per heavy atom. The fraction of sp³-hybridized carbons (Fsp3) is 0.250. The first-order chi connectivity index (χ1) is 5.57. The van der Waals surface area contributed by atoms with Crippen molar-refractivity contribution >= 4 is 0 Å². The van der Waals surface area contributed by atoms with Gasteiger partial charge in [0.25, 0.3) is 0 Å². The van der Waals surface area contributed by atoms with E-state index in [1.165, 1.54) is 0 Å². The minimum absolute atomic E-state index is 0.146. The van der Waals surface area contributed by atoms with Crippen molar-refractivity contribution in [2.45, 2.75) is 13.3 Å². The van der Waals surface area contributed by atoms with Crippen molar-refractivity contribution in [3.05, 3.63) is 11.6 Å². The quantitative estimate of drug-likeness (QED) is 0.375. The van der Waals surface area contributed by atoms with E-state index in [0.717, 1.165) is 6.07 Å². The molecule has 0 bridgehead atoms. The van der Waals surface area contributed by atoms with Crippen molar-refractivity contribution in [3.63, 3.8) is 0 Å². The van der Waals surface area contributed by atoms with Crippen LogP contribution in [0.2, 0.25) is 0 Å². The zero-order valence-corrected chi connectivity index (χ0v) is 6.57. The van der Waals surface area contributed by atoms with Crippen LogP contribution in [0.1, 0.15) is 12.5 Å². The van der Waals surface area contributed by atoms with E-state index in [0.29, 0.717) is 6.42 Å². The average molecular weight is 170 g/mol. The molecule has 1 aromatic carbocycles. The van der Waals surface area contributed by atoms with Crippen molar-refractivity contribution in [1.82, 2.24) is 0 Å². The summed E-state index contributed by atoms with van der Waals surface area (Å²) in [4.78, 5) is 0. The molecule has 4 N–H and O–H groups in total. The first-order valence-corrected chi connectivity index (χ1v) is 3.53. The van der Waals surface area contributed by atoms with Gasteiger partial charge >= 0.3 is 0 Å². The van der Waals surface area contributed by atoms with Crippen molar-refractivity contribution < 1.29 is 20.4 Å². The van der Waals surface area contributed by atoms with E-state index in [4.69, 9.17) is 10.2 Å². The summed E-state index contributed by atoms with van der Waals surface area (Å²) in [5, 5.41) is 36.4. The van der Waals surface area contributed by atoms with Crippen molar-refractivity contribution in [2.24, 2.45) is 0 Å². The lowest BCUT2D eigenvalue weighted by atomic mass is 10.1. The molecule has 0 fully saturated rings. The van der Waals surface area contributed by atoms with Gasteiger partial charge in [-0.1, -0.05) is 6.92 Å². The molecule has 0 amide bonds. The van der Waals surface area contributed by atoms with Crippen LogP contribution in [0.25, 0.3) is 0 Å². The van der Waals surface area contributed by atoms with Crippen LogP contribution in [0.4, 0.5) is 0 Å². The second kappa shape index (κ2) is 2.81.